The van der Waals surface area contributed by atoms with Crippen molar-refractivity contribution in [3.63, 3.8) is 0 Å². The topological polar surface area (TPSA) is 379 Å². The number of aromatic nitrogens is 1. The van der Waals surface area contributed by atoms with E-state index in [4.69, 9.17) is 10.5 Å². The van der Waals surface area contributed by atoms with E-state index in [9.17, 15) is 53.7 Å². The van der Waals surface area contributed by atoms with Gasteiger partial charge in [-0.3, -0.25) is 43.2 Å². The summed E-state index contributed by atoms with van der Waals surface area (Å²) in [6, 6.07) is -5.08. The smallest absolute Gasteiger partial charge is 0.266 e. The molecule has 13 N–H and O–H groups in total. The van der Waals surface area contributed by atoms with Gasteiger partial charge in [-0.2, -0.15) is 0 Å². The van der Waals surface area contributed by atoms with Crippen LogP contribution in [0.15, 0.2) is 23.2 Å². The van der Waals surface area contributed by atoms with Crippen LogP contribution < -0.4 is 47.7 Å². The van der Waals surface area contributed by atoms with Gasteiger partial charge in [0.1, 0.15) is 35.7 Å². The maximum atomic E-state index is 15.3. The lowest BCUT2D eigenvalue weighted by Crippen LogP contribution is -2.67. The average molecular weight is 1100 g/mol. The summed E-state index contributed by atoms with van der Waals surface area (Å²) in [5.74, 6) is -11.3. The molecule has 1 saturated heterocycles. The fraction of sp³-hybridized carbons (Fsp3) is 0.667. The second kappa shape index (κ2) is 25.6. The summed E-state index contributed by atoms with van der Waals surface area (Å²) < 4.78 is 21.9. The maximum absolute atomic E-state index is 15.3. The monoisotopic (exact) mass is 1100 g/mol. The third-order valence-corrected chi connectivity index (χ3v) is 16.8. The fourth-order valence-corrected chi connectivity index (χ4v) is 11.6. The standard InChI is InChI=1S/C51H77N11O14S/c1-8-26(2)42-51(15-11-9-10-12-16-61(7)50(4,5)6)49(74)54-22-39(67)55-35-25-77(75)47-31(30-14-13-29(76-51)18-32(30)58-47)19-33(43(69)53-21-40(68)59-42)56-46(72)41(27(3)37(65)24-63)60-45(71)36-17-28(64)23-62(36)48(73)34(20-38(52)66)57-44(35)70/h13-14,18,26-28,33-37,41-42,58,63-65H,8-12,15-17,19-25H2,1-7H3,(H2,52,66)(H,53,69)(H,54,74)(H,55,67)(H,56,72)(H,57,70)(H,59,68)(H,60,71)/t26-,27-,28+,33-,34-,35-,36-,37-,41-,42-,51?,77?/m0/s1. The molecule has 1 aromatic heterocycles. The lowest BCUT2D eigenvalue weighted by molar-refractivity contribution is -0.145. The van der Waals surface area contributed by atoms with Crippen LogP contribution in [-0.4, -0.2) is 193 Å². The Morgan fingerprint density at radius 2 is 1.61 bits per heavy atom. The molecule has 12 atom stereocenters. The number of carbonyl (C=O) groups excluding carboxylic acids is 9. The van der Waals surface area contributed by atoms with Crippen LogP contribution in [0.5, 0.6) is 5.75 Å². The molecular weight excluding hydrogens is 1020 g/mol. The van der Waals surface area contributed by atoms with Crippen LogP contribution in [0.3, 0.4) is 0 Å². The molecule has 426 valence electrons. The molecule has 1 fully saturated rings. The number of ether oxygens (including phenoxy) is 1. The van der Waals surface area contributed by atoms with Crippen molar-refractivity contribution in [1.29, 1.82) is 0 Å². The van der Waals surface area contributed by atoms with Gasteiger partial charge < -0.3 is 82.3 Å². The van der Waals surface area contributed by atoms with Gasteiger partial charge >= 0.3 is 0 Å². The minimum absolute atomic E-state index is 0.00487. The van der Waals surface area contributed by atoms with Crippen molar-refractivity contribution in [2.75, 3.05) is 45.6 Å². The Labute approximate surface area is 450 Å². The van der Waals surface area contributed by atoms with Crippen molar-refractivity contribution in [2.24, 2.45) is 17.6 Å². The number of nitrogens with two attached hydrogens (primary N) is 1. The molecule has 0 spiro atoms. The molecule has 26 heteroatoms. The normalized spacial score (nSPS) is 28.4. The highest BCUT2D eigenvalue weighted by Crippen LogP contribution is 2.37. The molecular formula is C51H77N11O14S. The number of primary amides is 1. The Bertz CT molecular complexity index is 2540. The Morgan fingerprint density at radius 1 is 0.922 bits per heavy atom. The zero-order chi connectivity index (χ0) is 56.7. The number of rotatable bonds is 14. The minimum atomic E-state index is -2.36. The first-order valence-electron chi connectivity index (χ1n) is 26.3. The Morgan fingerprint density at radius 3 is 2.29 bits per heavy atom. The summed E-state index contributed by atoms with van der Waals surface area (Å²) >= 11 is -2.36. The molecule has 1 aromatic carbocycles. The van der Waals surface area contributed by atoms with Gasteiger partial charge in [-0.25, -0.2) is 0 Å². The van der Waals surface area contributed by atoms with Crippen LogP contribution in [-0.2, 0) is 60.7 Å². The second-order valence-corrected chi connectivity index (χ2v) is 23.3. The van der Waals surface area contributed by atoms with E-state index in [0.717, 1.165) is 24.3 Å². The first-order chi connectivity index (χ1) is 36.3. The third kappa shape index (κ3) is 14.4. The highest BCUT2D eigenvalue weighted by molar-refractivity contribution is 7.91. The van der Waals surface area contributed by atoms with Crippen molar-refractivity contribution in [3.8, 4) is 5.75 Å². The number of H-pyrrole nitrogens is 1. The lowest BCUT2D eigenvalue weighted by atomic mass is 9.79. The van der Waals surface area contributed by atoms with Crippen LogP contribution in [0.25, 0.3) is 10.9 Å². The number of unbranched alkanes of at least 4 members (excludes halogenated alkanes) is 3. The van der Waals surface area contributed by atoms with Crippen LogP contribution in [0.1, 0.15) is 98.5 Å². The number of aliphatic hydroxyl groups excluding tert-OH is 3. The summed E-state index contributed by atoms with van der Waals surface area (Å²) in [5.41, 5.74) is 3.96. The van der Waals surface area contributed by atoms with Crippen molar-refractivity contribution in [1.82, 2.24) is 52.0 Å². The molecule has 77 heavy (non-hydrogen) atoms. The molecule has 5 aliphatic heterocycles. The SMILES string of the molecule is CC[C@H](C)[C@@H]1NC(=O)CNC(=O)[C@@H]2Cc3c4[nH]c5cc(ccc35)OC1(CCCCCCN(C)C(C)(C)C)C(=O)NCC(=O)N[C@@H](C[S+]4[O-])C(=O)N[C@@H](CC(N)=O)C(=O)N1C[C@H](O)C[C@H]1C(=O)N[C@@H]([C@@H](C)[C@@H](O)CO)C(=O)N2. The summed E-state index contributed by atoms with van der Waals surface area (Å²) in [7, 11) is 2.04. The van der Waals surface area contributed by atoms with Gasteiger partial charge in [-0.1, -0.05) is 40.0 Å². The fourth-order valence-electron chi connectivity index (χ4n) is 10.2. The van der Waals surface area contributed by atoms with Crippen LogP contribution in [0, 0.1) is 11.8 Å². The van der Waals surface area contributed by atoms with E-state index < -0.39 is 181 Å². The average Bonchev–Trinajstić information content (AvgIpc) is 3.98. The molecule has 8 bridgehead atoms. The summed E-state index contributed by atoms with van der Waals surface area (Å²) in [6.45, 7) is 9.28. The van der Waals surface area contributed by atoms with Crippen LogP contribution in [0.4, 0.5) is 0 Å². The highest BCUT2D eigenvalue weighted by atomic mass is 32.2. The number of aliphatic hydroxyl groups is 3. The number of hydrogen-bond donors (Lipinski definition) is 12. The molecule has 2 aromatic rings. The number of fused-ring (bicyclic) bond motifs is 9. The van der Waals surface area contributed by atoms with Crippen molar-refractivity contribution >= 4 is 75.2 Å². The molecule has 25 nitrogen and oxygen atoms in total. The number of amides is 9. The van der Waals surface area contributed by atoms with Crippen molar-refractivity contribution in [3.05, 3.63) is 23.8 Å². The second-order valence-electron chi connectivity index (χ2n) is 21.8. The van der Waals surface area contributed by atoms with E-state index in [-0.39, 0.29) is 33.8 Å². The van der Waals surface area contributed by atoms with E-state index in [0.29, 0.717) is 24.6 Å². The summed E-state index contributed by atoms with van der Waals surface area (Å²) in [5, 5.41) is 50.3. The van der Waals surface area contributed by atoms with Crippen LogP contribution >= 0.6 is 0 Å². The number of nitrogens with zero attached hydrogens (tertiary/aromatic N) is 2. The number of benzene rings is 1. The maximum Gasteiger partial charge on any atom is 0.266 e. The predicted octanol–water partition coefficient (Wildman–Crippen LogP) is -2.81. The van der Waals surface area contributed by atoms with Gasteiger partial charge in [0.25, 0.3) is 5.91 Å². The number of nitrogens with one attached hydrogen (secondary N) is 8. The first kappa shape index (κ1) is 60.2. The van der Waals surface area contributed by atoms with Gasteiger partial charge in [0.15, 0.2) is 6.04 Å². The number of carbonyl (C=O) groups is 9. The molecule has 7 rings (SSSR count). The molecule has 2 unspecified atom stereocenters. The van der Waals surface area contributed by atoms with E-state index in [2.05, 4.69) is 67.9 Å². The first-order valence-corrected chi connectivity index (χ1v) is 27.6. The summed E-state index contributed by atoms with van der Waals surface area (Å²) in [4.78, 5) is 135. The van der Waals surface area contributed by atoms with Crippen molar-refractivity contribution < 1.29 is 67.8 Å². The summed E-state index contributed by atoms with van der Waals surface area (Å²) in [6.07, 6.45) is -1.67. The predicted molar refractivity (Wildman–Crippen MR) is 279 cm³/mol. The van der Waals surface area contributed by atoms with Gasteiger partial charge in [0.2, 0.25) is 57.9 Å². The van der Waals surface area contributed by atoms with Crippen molar-refractivity contribution in [2.45, 2.75) is 164 Å². The number of aromatic amines is 1. The Hall–Kier alpha value is -6.06. The molecule has 0 radical (unpaired) electrons. The molecule has 6 heterocycles. The van der Waals surface area contributed by atoms with Crippen LogP contribution in [0.2, 0.25) is 0 Å². The van der Waals surface area contributed by atoms with E-state index in [1.54, 1.807) is 25.1 Å². The molecule has 9 amide bonds. The molecule has 0 saturated carbocycles. The van der Waals surface area contributed by atoms with Gasteiger partial charge in [-0.05, 0) is 71.7 Å². The Balaban J connectivity index is 1.57. The molecule has 0 aliphatic carbocycles. The zero-order valence-corrected chi connectivity index (χ0v) is 45.6. The zero-order valence-electron chi connectivity index (χ0n) is 44.8. The quantitative estimate of drug-likeness (QED) is 0.0671. The minimum Gasteiger partial charge on any atom is -0.610 e. The van der Waals surface area contributed by atoms with Gasteiger partial charge in [0.05, 0.1) is 49.9 Å². The largest absolute Gasteiger partial charge is 0.610 e. The number of hydrogen-bond acceptors (Lipinski definition) is 15. The highest BCUT2D eigenvalue weighted by Gasteiger charge is 2.52. The van der Waals surface area contributed by atoms with Gasteiger partial charge in [-0.15, -0.1) is 0 Å². The molecule has 5 aliphatic rings. The lowest BCUT2D eigenvalue weighted by Gasteiger charge is -2.42. The van der Waals surface area contributed by atoms with E-state index in [1.165, 1.54) is 6.92 Å². The third-order valence-electron chi connectivity index (χ3n) is 15.3. The van der Waals surface area contributed by atoms with E-state index >= 15 is 9.35 Å². The Kier molecular flexibility index (Phi) is 20.0. The van der Waals surface area contributed by atoms with Gasteiger partial charge in [0, 0.05) is 59.0 Å². The van der Waals surface area contributed by atoms with E-state index in [1.807, 2.05) is 14.0 Å².